The van der Waals surface area contributed by atoms with E-state index >= 15 is 0 Å². The molecule has 0 aliphatic carbocycles. The van der Waals surface area contributed by atoms with Crippen LogP contribution < -0.4 is 9.08 Å². The largest absolute Gasteiger partial charge is 0.534 e. The van der Waals surface area contributed by atoms with Crippen molar-refractivity contribution in [3.8, 4) is 22.9 Å². The lowest BCUT2D eigenvalue weighted by Gasteiger charge is -2.56. The summed E-state index contributed by atoms with van der Waals surface area (Å²) in [6, 6.07) is 11.5. The zero-order chi connectivity index (χ0) is 28.9. The summed E-state index contributed by atoms with van der Waals surface area (Å²) in [6.07, 6.45) is 8.78. The summed E-state index contributed by atoms with van der Waals surface area (Å²) in [4.78, 5) is 13.7. The van der Waals surface area contributed by atoms with Crippen LogP contribution in [0.4, 0.5) is 19.0 Å². The summed E-state index contributed by atoms with van der Waals surface area (Å²) in [5.74, 6) is 0.141. The number of piperazine rings is 1. The number of fused-ring (bicyclic) bond motifs is 3. The molecule has 3 aliphatic rings. The molecule has 15 heteroatoms. The van der Waals surface area contributed by atoms with Gasteiger partial charge in [-0.3, -0.25) is 4.90 Å². The number of aromatic nitrogens is 4. The maximum Gasteiger partial charge on any atom is 0.534 e. The molecule has 4 aromatic rings. The normalized spacial score (nSPS) is 19.1. The minimum Gasteiger partial charge on any atom is -0.374 e. The van der Waals surface area contributed by atoms with E-state index in [0.717, 1.165) is 53.7 Å². The smallest absolute Gasteiger partial charge is 0.374 e. The number of alkyl halides is 3. The molecule has 0 saturated carbocycles. The van der Waals surface area contributed by atoms with Crippen molar-refractivity contribution in [3.63, 3.8) is 0 Å². The highest BCUT2D eigenvalue weighted by atomic mass is 32.2. The van der Waals surface area contributed by atoms with Crippen LogP contribution in [0.1, 0.15) is 17.5 Å². The standard InChI is InChI=1S/C26H22F3N7O3S2/c1-40-24-5-2-16(9-32-24)12-35-19-6-20(35)14-34(13-19)23-4-3-17(10-31-23)22-7-21(39-41(37,38)26(27,28)29)15-36-25(22)18(8-30)11-33-36/h2-5,7,9-11,15,19-20H,6,12-14H2,1H3. The number of nitrogens with zero attached hydrogens (tertiary/aromatic N) is 7. The fourth-order valence-corrected chi connectivity index (χ4v) is 6.12. The number of hydrogen-bond donors (Lipinski definition) is 0. The molecule has 7 heterocycles. The number of pyridine rings is 3. The van der Waals surface area contributed by atoms with Gasteiger partial charge >= 0.3 is 15.6 Å². The minimum absolute atomic E-state index is 0.156. The lowest BCUT2D eigenvalue weighted by atomic mass is 9.87. The fourth-order valence-electron chi connectivity index (χ4n) is 5.32. The molecule has 4 aromatic heterocycles. The number of anilines is 1. The van der Waals surface area contributed by atoms with Gasteiger partial charge in [-0.25, -0.2) is 14.5 Å². The fraction of sp³-hybridized carbons (Fsp3) is 0.308. The Hall–Kier alpha value is -3.87. The first-order valence-electron chi connectivity index (χ1n) is 12.4. The maximum absolute atomic E-state index is 12.9. The van der Waals surface area contributed by atoms with Crippen molar-refractivity contribution in [2.24, 2.45) is 0 Å². The Morgan fingerprint density at radius 3 is 2.51 bits per heavy atom. The van der Waals surface area contributed by atoms with E-state index in [1.165, 1.54) is 18.0 Å². The van der Waals surface area contributed by atoms with Gasteiger partial charge in [-0.1, -0.05) is 6.07 Å². The number of halogens is 3. The van der Waals surface area contributed by atoms with E-state index in [2.05, 4.69) is 35.1 Å². The molecule has 0 aromatic carbocycles. The van der Waals surface area contributed by atoms with E-state index in [1.54, 1.807) is 23.9 Å². The van der Waals surface area contributed by atoms with Crippen LogP contribution in [0.15, 0.2) is 60.1 Å². The molecule has 3 saturated heterocycles. The van der Waals surface area contributed by atoms with Gasteiger partial charge in [0.2, 0.25) is 0 Å². The molecule has 0 N–H and O–H groups in total. The molecule has 0 amide bonds. The number of rotatable bonds is 7. The van der Waals surface area contributed by atoms with Crippen molar-refractivity contribution in [2.45, 2.75) is 35.6 Å². The Balaban J connectivity index is 1.22. The van der Waals surface area contributed by atoms with Gasteiger partial charge in [0.15, 0.2) is 5.75 Å². The number of thioether (sulfide) groups is 1. The summed E-state index contributed by atoms with van der Waals surface area (Å²) >= 11 is 1.61. The summed E-state index contributed by atoms with van der Waals surface area (Å²) in [6.45, 7) is 2.43. The minimum atomic E-state index is -5.90. The van der Waals surface area contributed by atoms with E-state index in [-0.39, 0.29) is 16.6 Å². The highest BCUT2D eigenvalue weighted by molar-refractivity contribution is 7.98. The average Bonchev–Trinajstić information content (AvgIpc) is 3.38. The number of piperidine rings is 1. The van der Waals surface area contributed by atoms with Gasteiger partial charge in [0, 0.05) is 55.2 Å². The van der Waals surface area contributed by atoms with Crippen molar-refractivity contribution in [1.82, 2.24) is 24.5 Å². The summed E-state index contributed by atoms with van der Waals surface area (Å²) in [7, 11) is -5.90. The zero-order valence-electron chi connectivity index (χ0n) is 21.5. The quantitative estimate of drug-likeness (QED) is 0.174. The number of hydrogen-bond acceptors (Lipinski definition) is 10. The monoisotopic (exact) mass is 601 g/mol. The van der Waals surface area contributed by atoms with Gasteiger partial charge in [-0.15, -0.1) is 11.8 Å². The van der Waals surface area contributed by atoms with Crippen molar-refractivity contribution in [1.29, 1.82) is 5.26 Å². The molecule has 2 atom stereocenters. The highest BCUT2D eigenvalue weighted by Gasteiger charge is 2.49. The van der Waals surface area contributed by atoms with Crippen LogP contribution in [0.5, 0.6) is 5.75 Å². The first kappa shape index (κ1) is 27.3. The Labute approximate surface area is 237 Å². The number of nitriles is 1. The van der Waals surface area contributed by atoms with Gasteiger partial charge in [0.25, 0.3) is 0 Å². The molecule has 41 heavy (non-hydrogen) atoms. The van der Waals surface area contributed by atoms with E-state index in [0.29, 0.717) is 17.6 Å². The molecule has 2 bridgehead atoms. The van der Waals surface area contributed by atoms with E-state index in [9.17, 15) is 26.9 Å². The predicted octanol–water partition coefficient (Wildman–Crippen LogP) is 4.08. The van der Waals surface area contributed by atoms with Gasteiger partial charge in [-0.05, 0) is 42.5 Å². The topological polar surface area (TPSA) is 117 Å². The lowest BCUT2D eigenvalue weighted by Crippen LogP contribution is -2.68. The third-order valence-corrected chi connectivity index (χ3v) is 8.93. The Kier molecular flexibility index (Phi) is 6.79. The van der Waals surface area contributed by atoms with E-state index < -0.39 is 21.4 Å². The van der Waals surface area contributed by atoms with Crippen LogP contribution in [-0.2, 0) is 16.7 Å². The van der Waals surface area contributed by atoms with Crippen LogP contribution in [0, 0.1) is 11.3 Å². The molecular formula is C26H22F3N7O3S2. The van der Waals surface area contributed by atoms with Crippen LogP contribution in [0.3, 0.4) is 0 Å². The lowest BCUT2D eigenvalue weighted by molar-refractivity contribution is -0.0500. The van der Waals surface area contributed by atoms with Gasteiger partial charge < -0.3 is 9.08 Å². The van der Waals surface area contributed by atoms with Crippen LogP contribution in [0.2, 0.25) is 0 Å². The van der Waals surface area contributed by atoms with E-state index in [4.69, 9.17) is 0 Å². The molecule has 0 radical (unpaired) electrons. The molecule has 212 valence electrons. The summed E-state index contributed by atoms with van der Waals surface area (Å²) in [5.41, 5.74) is -3.28. The van der Waals surface area contributed by atoms with Crippen molar-refractivity contribution in [3.05, 3.63) is 66.2 Å². The zero-order valence-corrected chi connectivity index (χ0v) is 23.1. The second-order valence-corrected chi connectivity index (χ2v) is 12.1. The van der Waals surface area contributed by atoms with Crippen molar-refractivity contribution >= 4 is 33.2 Å². The molecular weight excluding hydrogens is 579 g/mol. The third-order valence-electron chi connectivity index (χ3n) is 7.30. The molecule has 2 unspecified atom stereocenters. The molecule has 7 rings (SSSR count). The third kappa shape index (κ3) is 5.07. The molecule has 3 aliphatic heterocycles. The van der Waals surface area contributed by atoms with Crippen LogP contribution >= 0.6 is 11.8 Å². The van der Waals surface area contributed by atoms with Crippen LogP contribution in [0.25, 0.3) is 16.6 Å². The van der Waals surface area contributed by atoms with Crippen LogP contribution in [-0.4, -0.2) is 69.8 Å². The summed E-state index contributed by atoms with van der Waals surface area (Å²) in [5, 5.41) is 14.5. The highest BCUT2D eigenvalue weighted by Crippen LogP contribution is 2.37. The van der Waals surface area contributed by atoms with Gasteiger partial charge in [-0.2, -0.15) is 31.9 Å². The summed E-state index contributed by atoms with van der Waals surface area (Å²) < 4.78 is 67.5. The van der Waals surface area contributed by atoms with Crippen molar-refractivity contribution < 1.29 is 25.8 Å². The first-order valence-corrected chi connectivity index (χ1v) is 15.1. The molecule has 0 spiro atoms. The van der Waals surface area contributed by atoms with Gasteiger partial charge in [0.05, 0.1) is 28.5 Å². The average molecular weight is 602 g/mol. The molecule has 10 nitrogen and oxygen atoms in total. The predicted molar refractivity (Wildman–Crippen MR) is 145 cm³/mol. The first-order chi connectivity index (χ1) is 19.6. The Morgan fingerprint density at radius 2 is 1.90 bits per heavy atom. The van der Waals surface area contributed by atoms with Gasteiger partial charge in [0.1, 0.15) is 11.9 Å². The maximum atomic E-state index is 12.9. The molecule has 3 fully saturated rings. The Morgan fingerprint density at radius 1 is 1.12 bits per heavy atom. The van der Waals surface area contributed by atoms with Crippen molar-refractivity contribution in [2.75, 3.05) is 24.2 Å². The second kappa shape index (κ2) is 10.2. The van der Waals surface area contributed by atoms with E-state index in [1.807, 2.05) is 24.6 Å². The second-order valence-electron chi connectivity index (χ2n) is 9.77. The SMILES string of the molecule is CSc1ccc(CN2C3CC2CN(c2ccc(-c4cc(OS(=O)(=O)C(F)(F)F)cn5ncc(C#N)c45)cn2)C3)cn1. The Bertz CT molecular complexity index is 1740.